The topological polar surface area (TPSA) is 56.2 Å². The van der Waals surface area contributed by atoms with Crippen LogP contribution in [0, 0.1) is 5.82 Å². The number of alkyl halides is 3. The maximum Gasteiger partial charge on any atom is 0.337 e. The van der Waals surface area contributed by atoms with Crippen LogP contribution in [0.4, 0.5) is 14.9 Å². The van der Waals surface area contributed by atoms with Crippen molar-refractivity contribution >= 4 is 66.9 Å². The van der Waals surface area contributed by atoms with Gasteiger partial charge in [-0.1, -0.05) is 50.4 Å². The van der Waals surface area contributed by atoms with E-state index >= 15 is 0 Å². The number of carbonyl (C=O) groups excluding carboxylic acids is 2. The molecule has 2 saturated heterocycles. The van der Waals surface area contributed by atoms with Crippen LogP contribution in [0.3, 0.4) is 0 Å². The zero-order chi connectivity index (χ0) is 20.5. The van der Waals surface area contributed by atoms with Gasteiger partial charge < -0.3 is 0 Å². The number of aliphatic imine (C=N–C) groups is 1. The van der Waals surface area contributed by atoms with Crippen molar-refractivity contribution in [3.8, 4) is 0 Å². The van der Waals surface area contributed by atoms with Crippen LogP contribution in [0.15, 0.2) is 29.3 Å². The number of amidine groups is 1. The second kappa shape index (κ2) is 8.77. The van der Waals surface area contributed by atoms with Gasteiger partial charge in [0, 0.05) is 20.1 Å². The summed E-state index contributed by atoms with van der Waals surface area (Å²) in [6, 6.07) is 5.16. The van der Waals surface area contributed by atoms with Crippen molar-refractivity contribution in [2.45, 2.75) is 28.7 Å². The van der Waals surface area contributed by atoms with Gasteiger partial charge in [-0.25, -0.2) is 19.1 Å². The number of carbonyl (C=O) groups is 2. The summed E-state index contributed by atoms with van der Waals surface area (Å²) in [4.78, 5) is 34.2. The molecule has 28 heavy (non-hydrogen) atoms. The first-order chi connectivity index (χ1) is 13.3. The largest absolute Gasteiger partial charge is 0.337 e. The summed E-state index contributed by atoms with van der Waals surface area (Å²) in [5.74, 6) is -1.15. The number of rotatable bonds is 5. The fraction of sp³-hybridized carbons (Fsp3) is 0.500. The number of hydrogen-bond acceptors (Lipinski definition) is 4. The van der Waals surface area contributed by atoms with Crippen LogP contribution in [0.5, 0.6) is 0 Å². The van der Waals surface area contributed by atoms with E-state index in [-0.39, 0.29) is 17.4 Å². The number of nitrogens with zero attached hydrogens (tertiary/aromatic N) is 4. The number of likely N-dealkylation sites (N-methyl/N-ethyl adjacent to an activating group) is 1. The zero-order valence-corrected chi connectivity index (χ0v) is 19.2. The number of para-hydroxylation sites is 1. The number of amides is 3. The molecule has 6 nitrogen and oxygen atoms in total. The van der Waals surface area contributed by atoms with Crippen LogP contribution in [0.1, 0.15) is 19.3 Å². The van der Waals surface area contributed by atoms with Crippen molar-refractivity contribution < 1.29 is 14.0 Å². The van der Waals surface area contributed by atoms with Crippen molar-refractivity contribution in [3.05, 3.63) is 30.1 Å². The average molecular weight is 539 g/mol. The number of benzene rings is 1. The van der Waals surface area contributed by atoms with Gasteiger partial charge in [0.15, 0.2) is 0 Å². The Labute approximate surface area is 185 Å². The van der Waals surface area contributed by atoms with E-state index in [1.54, 1.807) is 6.07 Å². The monoisotopic (exact) mass is 536 g/mol. The molecule has 2 aliphatic heterocycles. The standard InChI is InChI=1S/C18H20Br2ClFN4O2/c1-24-15(27)14(26(17(24)28)13-8-4-3-7-12(13)22)23-16(18(19,20)11-21)25-9-5-2-6-10-25/h3-4,7-8,16H,2,5-6,9-11H2,1H3. The van der Waals surface area contributed by atoms with Gasteiger partial charge >= 0.3 is 6.03 Å². The number of urea groups is 1. The molecule has 2 heterocycles. The molecule has 0 bridgehead atoms. The molecule has 0 aromatic heterocycles. The van der Waals surface area contributed by atoms with E-state index in [1.807, 2.05) is 0 Å². The first-order valence-electron chi connectivity index (χ1n) is 8.90. The molecule has 3 rings (SSSR count). The highest BCUT2D eigenvalue weighted by molar-refractivity contribution is 9.25. The van der Waals surface area contributed by atoms with Crippen molar-refractivity contribution in [1.29, 1.82) is 0 Å². The van der Waals surface area contributed by atoms with E-state index < -0.39 is 27.2 Å². The zero-order valence-electron chi connectivity index (χ0n) is 15.2. The third-order valence-corrected chi connectivity index (χ3v) is 7.26. The summed E-state index contributed by atoms with van der Waals surface area (Å²) < 4.78 is 13.6. The minimum Gasteiger partial charge on any atom is -0.280 e. The molecular formula is C18H20Br2ClFN4O2. The Morgan fingerprint density at radius 2 is 1.86 bits per heavy atom. The Hall–Kier alpha value is -1.03. The summed E-state index contributed by atoms with van der Waals surface area (Å²) in [7, 11) is 1.36. The van der Waals surface area contributed by atoms with Crippen LogP contribution in [0.2, 0.25) is 0 Å². The summed E-state index contributed by atoms with van der Waals surface area (Å²) >= 11 is 13.3. The molecule has 0 radical (unpaired) electrons. The van der Waals surface area contributed by atoms with Gasteiger partial charge in [-0.2, -0.15) is 0 Å². The Morgan fingerprint density at radius 1 is 1.21 bits per heavy atom. The highest BCUT2D eigenvalue weighted by Crippen LogP contribution is 2.37. The normalized spacial score (nSPS) is 21.7. The second-order valence-electron chi connectivity index (χ2n) is 6.75. The molecule has 1 unspecified atom stereocenters. The summed E-state index contributed by atoms with van der Waals surface area (Å²) in [5.41, 5.74) is -0.0121. The fourth-order valence-corrected chi connectivity index (χ4v) is 4.25. The second-order valence-corrected chi connectivity index (χ2v) is 10.9. The van der Waals surface area contributed by atoms with Gasteiger partial charge in [-0.15, -0.1) is 11.6 Å². The maximum absolute atomic E-state index is 14.4. The van der Waals surface area contributed by atoms with Crippen molar-refractivity contribution in [2.75, 3.05) is 30.9 Å². The van der Waals surface area contributed by atoms with Gasteiger partial charge in [0.05, 0.1) is 11.6 Å². The summed E-state index contributed by atoms with van der Waals surface area (Å²) in [6.45, 7) is 1.57. The summed E-state index contributed by atoms with van der Waals surface area (Å²) in [5, 5.41) is 0. The van der Waals surface area contributed by atoms with Gasteiger partial charge in [0.1, 0.15) is 15.2 Å². The van der Waals surface area contributed by atoms with Crippen molar-refractivity contribution in [1.82, 2.24) is 9.80 Å². The van der Waals surface area contributed by atoms with Crippen molar-refractivity contribution in [3.63, 3.8) is 0 Å². The molecule has 152 valence electrons. The molecule has 1 aromatic rings. The molecule has 10 heteroatoms. The van der Waals surface area contributed by atoms with E-state index in [4.69, 9.17) is 11.6 Å². The number of piperidine rings is 1. The third-order valence-electron chi connectivity index (χ3n) is 4.82. The molecule has 0 spiro atoms. The summed E-state index contributed by atoms with van der Waals surface area (Å²) in [6.07, 6.45) is 2.57. The van der Waals surface area contributed by atoms with E-state index in [0.29, 0.717) is 0 Å². The van der Waals surface area contributed by atoms with Crippen LogP contribution < -0.4 is 4.90 Å². The number of anilines is 1. The first kappa shape index (κ1) is 21.7. The van der Waals surface area contributed by atoms with Gasteiger partial charge in [-0.05, 0) is 25.0 Å². The van der Waals surface area contributed by atoms with E-state index in [1.165, 1.54) is 25.2 Å². The first-order valence-corrected chi connectivity index (χ1v) is 11.0. The number of hydrogen-bond donors (Lipinski definition) is 0. The number of halogens is 4. The Bertz CT molecular complexity index is 802. The molecule has 2 aliphatic rings. The van der Waals surface area contributed by atoms with Gasteiger partial charge in [0.2, 0.25) is 5.84 Å². The minimum absolute atomic E-state index is 0.0121. The molecule has 1 atom stereocenters. The Kier molecular flexibility index (Phi) is 6.79. The van der Waals surface area contributed by atoms with Crippen LogP contribution in [-0.4, -0.2) is 63.0 Å². The predicted octanol–water partition coefficient (Wildman–Crippen LogP) is 4.16. The fourth-order valence-electron chi connectivity index (χ4n) is 3.33. The lowest BCUT2D eigenvalue weighted by Gasteiger charge is -2.38. The average Bonchev–Trinajstić information content (AvgIpc) is 2.90. The highest BCUT2D eigenvalue weighted by Gasteiger charge is 2.45. The lowest BCUT2D eigenvalue weighted by molar-refractivity contribution is -0.119. The van der Waals surface area contributed by atoms with Gasteiger partial charge in [-0.3, -0.25) is 14.6 Å². The molecule has 1 aromatic carbocycles. The van der Waals surface area contributed by atoms with E-state index in [9.17, 15) is 14.0 Å². The van der Waals surface area contributed by atoms with E-state index in [0.717, 1.165) is 42.2 Å². The number of likely N-dealkylation sites (tertiary alicyclic amines) is 1. The molecule has 2 fully saturated rings. The number of imide groups is 1. The van der Waals surface area contributed by atoms with Crippen molar-refractivity contribution in [2.24, 2.45) is 4.99 Å². The highest BCUT2D eigenvalue weighted by atomic mass is 79.9. The van der Waals surface area contributed by atoms with Crippen LogP contribution in [-0.2, 0) is 4.79 Å². The lowest BCUT2D eigenvalue weighted by Crippen LogP contribution is -2.49. The van der Waals surface area contributed by atoms with E-state index in [2.05, 4.69) is 41.8 Å². The van der Waals surface area contributed by atoms with Crippen LogP contribution >= 0.6 is 43.5 Å². The molecule has 0 saturated carbocycles. The Balaban J connectivity index is 2.09. The molecule has 3 amide bonds. The molecule has 0 N–H and O–H groups in total. The third kappa shape index (κ3) is 4.13. The quantitative estimate of drug-likeness (QED) is 0.418. The Morgan fingerprint density at radius 3 is 2.46 bits per heavy atom. The molecular weight excluding hydrogens is 518 g/mol. The minimum atomic E-state index is -0.808. The lowest BCUT2D eigenvalue weighted by atomic mass is 10.1. The SMILES string of the molecule is CN1C(=O)C(=NC(N2CCCCC2)C(Br)(Br)CCl)N(c2ccccc2F)C1=O. The maximum atomic E-state index is 14.4. The van der Waals surface area contributed by atoms with Crippen LogP contribution in [0.25, 0.3) is 0 Å². The predicted molar refractivity (Wildman–Crippen MR) is 115 cm³/mol. The van der Waals surface area contributed by atoms with Gasteiger partial charge in [0.25, 0.3) is 5.91 Å². The molecule has 0 aliphatic carbocycles. The smallest absolute Gasteiger partial charge is 0.280 e.